The van der Waals surface area contributed by atoms with E-state index in [1.165, 1.54) is 18.2 Å². The molecule has 82 valence electrons. The van der Waals surface area contributed by atoms with Crippen molar-refractivity contribution >= 4 is 11.6 Å². The summed E-state index contributed by atoms with van der Waals surface area (Å²) in [5, 5.41) is 18.2. The van der Waals surface area contributed by atoms with Crippen LogP contribution in [0.4, 0.5) is 10.1 Å². The Kier molecular flexibility index (Phi) is 2.59. The van der Waals surface area contributed by atoms with Gasteiger partial charge >= 0.3 is 0 Å². The second-order valence-electron chi connectivity index (χ2n) is 3.61. The van der Waals surface area contributed by atoms with Crippen molar-refractivity contribution in [2.75, 3.05) is 11.4 Å². The summed E-state index contributed by atoms with van der Waals surface area (Å²) in [4.78, 5) is 12.6. The van der Waals surface area contributed by atoms with E-state index in [0.29, 0.717) is 0 Å². The Bertz CT molecular complexity index is 481. The number of hydrogen-bond donors (Lipinski definition) is 1. The van der Waals surface area contributed by atoms with Gasteiger partial charge in [-0.05, 0) is 12.1 Å². The van der Waals surface area contributed by atoms with Gasteiger partial charge in [-0.1, -0.05) is 6.07 Å². The first kappa shape index (κ1) is 10.6. The molecule has 1 fully saturated rings. The third-order valence-corrected chi connectivity index (χ3v) is 2.48. The Hall–Kier alpha value is -1.93. The number of aliphatic hydroxyl groups is 1. The van der Waals surface area contributed by atoms with Crippen molar-refractivity contribution in [1.29, 1.82) is 5.26 Å². The molecule has 1 amide bonds. The number of anilines is 1. The summed E-state index contributed by atoms with van der Waals surface area (Å²) in [6, 6.07) is 5.87. The van der Waals surface area contributed by atoms with E-state index in [9.17, 15) is 14.3 Å². The first-order chi connectivity index (χ1) is 7.63. The summed E-state index contributed by atoms with van der Waals surface area (Å²) in [6.07, 6.45) is -0.821. The zero-order chi connectivity index (χ0) is 11.7. The Labute approximate surface area is 91.5 Å². The highest BCUT2D eigenvalue weighted by molar-refractivity contribution is 5.97. The molecule has 1 atom stereocenters. The van der Waals surface area contributed by atoms with Crippen molar-refractivity contribution in [3.8, 4) is 6.07 Å². The lowest BCUT2D eigenvalue weighted by molar-refractivity contribution is -0.117. The van der Waals surface area contributed by atoms with Gasteiger partial charge in [0, 0.05) is 0 Å². The average molecular weight is 220 g/mol. The number of amides is 1. The molecule has 1 heterocycles. The molecule has 0 aromatic heterocycles. The van der Waals surface area contributed by atoms with Crippen molar-refractivity contribution in [3.05, 3.63) is 29.6 Å². The number of hydrogen-bond acceptors (Lipinski definition) is 3. The van der Waals surface area contributed by atoms with Gasteiger partial charge in [-0.25, -0.2) is 4.39 Å². The molecule has 1 aliphatic heterocycles. The van der Waals surface area contributed by atoms with Gasteiger partial charge in [0.25, 0.3) is 0 Å². The molecule has 2 rings (SSSR count). The van der Waals surface area contributed by atoms with E-state index >= 15 is 0 Å². The zero-order valence-electron chi connectivity index (χ0n) is 8.35. The zero-order valence-corrected chi connectivity index (χ0v) is 8.35. The monoisotopic (exact) mass is 220 g/mol. The fourth-order valence-corrected chi connectivity index (χ4v) is 1.78. The van der Waals surface area contributed by atoms with Crippen LogP contribution < -0.4 is 4.90 Å². The second kappa shape index (κ2) is 3.91. The van der Waals surface area contributed by atoms with Crippen molar-refractivity contribution < 1.29 is 14.3 Å². The predicted octanol–water partition coefficient (Wildman–Crippen LogP) is 0.795. The molecule has 1 saturated heterocycles. The maximum absolute atomic E-state index is 13.6. The summed E-state index contributed by atoms with van der Waals surface area (Å²) in [5.74, 6) is -0.990. The summed E-state index contributed by atoms with van der Waals surface area (Å²) in [5.41, 5.74) is 0.0639. The molecule has 0 radical (unpaired) electrons. The molecule has 1 aromatic carbocycles. The fourth-order valence-electron chi connectivity index (χ4n) is 1.78. The third kappa shape index (κ3) is 1.64. The first-order valence-electron chi connectivity index (χ1n) is 4.80. The van der Waals surface area contributed by atoms with Crippen molar-refractivity contribution in [2.24, 2.45) is 0 Å². The van der Waals surface area contributed by atoms with Gasteiger partial charge in [-0.3, -0.25) is 4.79 Å². The van der Waals surface area contributed by atoms with E-state index in [1.54, 1.807) is 0 Å². The highest BCUT2D eigenvalue weighted by Crippen LogP contribution is 2.28. The summed E-state index contributed by atoms with van der Waals surface area (Å²) < 4.78 is 13.6. The number of halogens is 1. The van der Waals surface area contributed by atoms with Crippen LogP contribution in [0.1, 0.15) is 12.0 Å². The number of β-amino-alcohol motifs (C(OH)–C–C–N with tert-alkyl or cyclic N) is 1. The summed E-state index contributed by atoms with van der Waals surface area (Å²) >= 11 is 0. The predicted molar refractivity (Wildman–Crippen MR) is 54.1 cm³/mol. The van der Waals surface area contributed by atoms with Crippen LogP contribution in [0.5, 0.6) is 0 Å². The molecule has 0 saturated carbocycles. The smallest absolute Gasteiger partial charge is 0.229 e. The van der Waals surface area contributed by atoms with Gasteiger partial charge in [0.1, 0.15) is 11.9 Å². The Morgan fingerprint density at radius 2 is 2.31 bits per heavy atom. The Morgan fingerprint density at radius 1 is 1.56 bits per heavy atom. The average Bonchev–Trinajstić information content (AvgIpc) is 2.57. The van der Waals surface area contributed by atoms with Gasteiger partial charge in [0.15, 0.2) is 0 Å². The molecule has 1 unspecified atom stereocenters. The molecule has 1 N–H and O–H groups in total. The van der Waals surface area contributed by atoms with E-state index in [2.05, 4.69) is 0 Å². The molecule has 16 heavy (non-hydrogen) atoms. The third-order valence-electron chi connectivity index (χ3n) is 2.48. The van der Waals surface area contributed by atoms with Gasteiger partial charge in [-0.15, -0.1) is 0 Å². The maximum atomic E-state index is 13.6. The topological polar surface area (TPSA) is 64.3 Å². The lowest BCUT2D eigenvalue weighted by Gasteiger charge is -2.17. The van der Waals surface area contributed by atoms with Gasteiger partial charge < -0.3 is 10.0 Å². The number of para-hydroxylation sites is 1. The van der Waals surface area contributed by atoms with Crippen LogP contribution in [0.25, 0.3) is 0 Å². The molecular weight excluding hydrogens is 211 g/mol. The van der Waals surface area contributed by atoms with E-state index < -0.39 is 11.9 Å². The molecule has 0 bridgehead atoms. The Morgan fingerprint density at radius 3 is 2.88 bits per heavy atom. The summed E-state index contributed by atoms with van der Waals surface area (Å²) in [6.45, 7) is 0.0362. The van der Waals surface area contributed by atoms with Crippen molar-refractivity contribution in [2.45, 2.75) is 12.5 Å². The number of rotatable bonds is 1. The molecule has 0 spiro atoms. The minimum absolute atomic E-state index is 0.0286. The lowest BCUT2D eigenvalue weighted by Crippen LogP contribution is -2.27. The van der Waals surface area contributed by atoms with Gasteiger partial charge in [0.05, 0.1) is 30.3 Å². The van der Waals surface area contributed by atoms with E-state index in [4.69, 9.17) is 5.26 Å². The number of carbonyl (C=O) groups excluding carboxylic acids is 1. The quantitative estimate of drug-likeness (QED) is 0.761. The maximum Gasteiger partial charge on any atom is 0.229 e. The minimum Gasteiger partial charge on any atom is -0.391 e. The van der Waals surface area contributed by atoms with Crippen LogP contribution in [-0.2, 0) is 4.79 Å². The van der Waals surface area contributed by atoms with Gasteiger partial charge in [0.2, 0.25) is 5.91 Å². The van der Waals surface area contributed by atoms with Gasteiger partial charge in [-0.2, -0.15) is 5.26 Å². The summed E-state index contributed by atoms with van der Waals surface area (Å²) in [7, 11) is 0. The van der Waals surface area contributed by atoms with Crippen LogP contribution in [0.2, 0.25) is 0 Å². The minimum atomic E-state index is -0.793. The lowest BCUT2D eigenvalue weighted by atomic mass is 10.1. The number of nitriles is 1. The van der Waals surface area contributed by atoms with E-state index in [1.807, 2.05) is 6.07 Å². The molecule has 0 aliphatic carbocycles. The van der Waals surface area contributed by atoms with E-state index in [0.717, 1.165) is 4.90 Å². The normalized spacial score (nSPS) is 19.9. The van der Waals surface area contributed by atoms with Crippen LogP contribution in [0.3, 0.4) is 0 Å². The largest absolute Gasteiger partial charge is 0.391 e. The fraction of sp³-hybridized carbons (Fsp3) is 0.273. The molecule has 1 aromatic rings. The number of benzene rings is 1. The van der Waals surface area contributed by atoms with Crippen LogP contribution in [0, 0.1) is 17.1 Å². The highest BCUT2D eigenvalue weighted by Gasteiger charge is 2.32. The Balaban J connectivity index is 2.48. The van der Waals surface area contributed by atoms with Crippen molar-refractivity contribution in [3.63, 3.8) is 0 Å². The molecule has 1 aliphatic rings. The standard InChI is InChI=1S/C11H9FN2O2/c12-9-3-1-2-7(5-13)11(9)14-6-8(15)4-10(14)16/h1-3,8,15H,4,6H2. The van der Waals surface area contributed by atoms with E-state index in [-0.39, 0.29) is 30.1 Å². The second-order valence-corrected chi connectivity index (χ2v) is 3.61. The molecule has 4 nitrogen and oxygen atoms in total. The van der Waals surface area contributed by atoms with Crippen LogP contribution >= 0.6 is 0 Å². The first-order valence-corrected chi connectivity index (χ1v) is 4.80. The van der Waals surface area contributed by atoms with Crippen LogP contribution in [-0.4, -0.2) is 23.7 Å². The SMILES string of the molecule is N#Cc1cccc(F)c1N1CC(O)CC1=O. The molecule has 5 heteroatoms. The highest BCUT2D eigenvalue weighted by atomic mass is 19.1. The number of nitrogens with zero attached hydrogens (tertiary/aromatic N) is 2. The van der Waals surface area contributed by atoms with Crippen molar-refractivity contribution in [1.82, 2.24) is 0 Å². The number of aliphatic hydroxyl groups excluding tert-OH is 1. The van der Waals surface area contributed by atoms with Crippen LogP contribution in [0.15, 0.2) is 18.2 Å². The number of carbonyl (C=O) groups is 1. The molecular formula is C11H9FN2O2.